The first-order valence-corrected chi connectivity index (χ1v) is 19.2. The van der Waals surface area contributed by atoms with E-state index in [2.05, 4.69) is 4.90 Å². The molecule has 5 aliphatic rings. The van der Waals surface area contributed by atoms with Gasteiger partial charge in [0, 0.05) is 74.5 Å². The fraction of sp³-hybridized carbons (Fsp3) is 0.500. The van der Waals surface area contributed by atoms with Crippen LogP contribution in [0.5, 0.6) is 11.5 Å². The molecule has 1 unspecified atom stereocenters. The smallest absolute Gasteiger partial charge is 0.415 e. The van der Waals surface area contributed by atoms with Crippen molar-refractivity contribution in [2.75, 3.05) is 68.6 Å². The number of unbranched alkanes of at least 4 members (excludes halogenated alkanes) is 2. The van der Waals surface area contributed by atoms with Crippen molar-refractivity contribution in [1.29, 1.82) is 0 Å². The minimum absolute atomic E-state index is 0.0251. The van der Waals surface area contributed by atoms with Gasteiger partial charge in [0.2, 0.25) is 12.3 Å². The molecule has 2 atom stereocenters. The van der Waals surface area contributed by atoms with Crippen LogP contribution in [0.4, 0.5) is 16.2 Å². The molecular weight excluding hydrogens is 698 g/mol. The molecule has 0 saturated carbocycles. The standard InChI is InChI=1S/C40H48ClN5O7/c1-26-20-30-31(45(25-47)38(50)40(2)13-9-14-46(40)37(30)49)21-33(26)52-19-8-4-5-12-35(48)44-24-27(23-41)36-29-11-7-6-10-28(29)34(22-32(36)44)53-39(51)43-17-15-42(3)16-18-43/h6-7,11,20-22,25,38,50H,4-5,8-10,12-19,23-24H2,1-3H3/t38?,40-/m0/s1. The van der Waals surface area contributed by atoms with E-state index in [0.29, 0.717) is 94.0 Å². The van der Waals surface area contributed by atoms with Gasteiger partial charge in [0.1, 0.15) is 11.5 Å². The van der Waals surface area contributed by atoms with Crippen molar-refractivity contribution < 1.29 is 33.8 Å². The van der Waals surface area contributed by atoms with Gasteiger partial charge in [0.05, 0.1) is 29.1 Å². The highest BCUT2D eigenvalue weighted by molar-refractivity contribution is 6.23. The molecule has 2 saturated heterocycles. The van der Waals surface area contributed by atoms with Crippen molar-refractivity contribution in [3.05, 3.63) is 57.5 Å². The third kappa shape index (κ3) is 6.81. The van der Waals surface area contributed by atoms with Crippen LogP contribution in [0.25, 0.3) is 11.6 Å². The van der Waals surface area contributed by atoms with Gasteiger partial charge >= 0.3 is 6.09 Å². The molecule has 0 radical (unpaired) electrons. The van der Waals surface area contributed by atoms with E-state index >= 15 is 0 Å². The number of carbonyl (C=O) groups is 4. The van der Waals surface area contributed by atoms with Gasteiger partial charge in [-0.25, -0.2) is 4.79 Å². The summed E-state index contributed by atoms with van der Waals surface area (Å²) in [4.78, 5) is 61.3. The molecule has 4 aliphatic heterocycles. The Morgan fingerprint density at radius 2 is 1.83 bits per heavy atom. The number of aliphatic hydroxyl groups excluding tert-OH is 1. The molecule has 13 heteroatoms. The van der Waals surface area contributed by atoms with Crippen LogP contribution in [-0.2, 0) is 16.0 Å². The molecule has 1 N–H and O–H groups in total. The number of nitrogens with zero attached hydrogens (tertiary/aromatic N) is 5. The Bertz CT molecular complexity index is 1980. The highest BCUT2D eigenvalue weighted by Crippen LogP contribution is 2.42. The van der Waals surface area contributed by atoms with Crippen LogP contribution in [0.1, 0.15) is 66.9 Å². The lowest BCUT2D eigenvalue weighted by atomic mass is 9.96. The van der Waals surface area contributed by atoms with Crippen LogP contribution in [0, 0.1) is 6.92 Å². The number of aliphatic hydroxyl groups is 1. The number of hydrogen-bond acceptors (Lipinski definition) is 8. The number of rotatable bonds is 10. The first-order valence-electron chi connectivity index (χ1n) is 18.6. The van der Waals surface area contributed by atoms with Crippen LogP contribution in [0.3, 0.4) is 0 Å². The van der Waals surface area contributed by atoms with E-state index in [1.54, 1.807) is 26.8 Å². The van der Waals surface area contributed by atoms with Gasteiger partial charge in [-0.3, -0.25) is 19.3 Å². The molecule has 0 aromatic heterocycles. The first-order chi connectivity index (χ1) is 25.5. The lowest BCUT2D eigenvalue weighted by Gasteiger charge is -2.39. The third-order valence-electron chi connectivity index (χ3n) is 11.5. The SMILES string of the molecule is Cc1cc2c(cc1OCCCCCC(=O)N1CC(CCl)=c3c1cc(OC(=O)N1CCN(C)CC1)c1c3=CC=CC1)N(C=O)C(O)[C@]1(C)CCCN1C2=O. The van der Waals surface area contributed by atoms with E-state index in [1.165, 1.54) is 4.90 Å². The number of allylic oxidation sites excluding steroid dienone is 2. The highest BCUT2D eigenvalue weighted by Gasteiger charge is 2.51. The Morgan fingerprint density at radius 3 is 2.58 bits per heavy atom. The number of amides is 4. The minimum atomic E-state index is -1.18. The Kier molecular flexibility index (Phi) is 10.6. The summed E-state index contributed by atoms with van der Waals surface area (Å²) in [5.41, 5.74) is 3.23. The molecule has 2 aromatic carbocycles. The lowest BCUT2D eigenvalue weighted by molar-refractivity contribution is -0.118. The number of benzene rings is 2. The number of anilines is 2. The Hall–Kier alpha value is -4.39. The second kappa shape index (κ2) is 15.2. The first kappa shape index (κ1) is 36.9. The normalized spacial score (nSPS) is 22.2. The van der Waals surface area contributed by atoms with Crippen LogP contribution >= 0.6 is 11.6 Å². The molecule has 7 rings (SSSR count). The summed E-state index contributed by atoms with van der Waals surface area (Å²) in [6.45, 7) is 7.76. The van der Waals surface area contributed by atoms with E-state index in [4.69, 9.17) is 21.1 Å². The predicted octanol–water partition coefficient (Wildman–Crippen LogP) is 3.30. The highest BCUT2D eigenvalue weighted by atomic mass is 35.5. The van der Waals surface area contributed by atoms with Gasteiger partial charge in [-0.1, -0.05) is 18.2 Å². The average molecular weight is 746 g/mol. The quantitative estimate of drug-likeness (QED) is 0.224. The number of piperazine rings is 1. The van der Waals surface area contributed by atoms with E-state index in [0.717, 1.165) is 58.8 Å². The van der Waals surface area contributed by atoms with Gasteiger partial charge in [0.15, 0.2) is 6.23 Å². The van der Waals surface area contributed by atoms with Crippen molar-refractivity contribution in [2.24, 2.45) is 0 Å². The van der Waals surface area contributed by atoms with Crippen LogP contribution < -0.4 is 29.7 Å². The largest absolute Gasteiger partial charge is 0.493 e. The number of carbonyl (C=O) groups excluding carboxylic acids is 4. The van der Waals surface area contributed by atoms with Crippen molar-refractivity contribution in [3.63, 3.8) is 0 Å². The van der Waals surface area contributed by atoms with Crippen LogP contribution in [0.15, 0.2) is 30.4 Å². The van der Waals surface area contributed by atoms with Gasteiger partial charge < -0.3 is 34.2 Å². The minimum Gasteiger partial charge on any atom is -0.493 e. The number of likely N-dealkylation sites (N-methyl/N-ethyl adjacent to an activating group) is 1. The zero-order chi connectivity index (χ0) is 37.4. The summed E-state index contributed by atoms with van der Waals surface area (Å²) >= 11 is 6.45. The third-order valence-corrected chi connectivity index (χ3v) is 11.8. The number of ether oxygens (including phenoxy) is 2. The van der Waals surface area contributed by atoms with E-state index < -0.39 is 11.8 Å². The Labute approximate surface area is 314 Å². The lowest BCUT2D eigenvalue weighted by Crippen LogP contribution is -2.57. The molecule has 1 aliphatic carbocycles. The predicted molar refractivity (Wildman–Crippen MR) is 203 cm³/mol. The molecule has 4 amide bonds. The molecule has 0 spiro atoms. The van der Waals surface area contributed by atoms with Crippen molar-refractivity contribution >= 4 is 58.9 Å². The number of hydrogen-bond donors (Lipinski definition) is 1. The fourth-order valence-electron chi connectivity index (χ4n) is 8.33. The molecule has 0 bridgehead atoms. The zero-order valence-corrected chi connectivity index (χ0v) is 31.5. The second-order valence-electron chi connectivity index (χ2n) is 14.9. The van der Waals surface area contributed by atoms with Crippen molar-refractivity contribution in [3.8, 4) is 11.5 Å². The molecule has 2 aromatic rings. The zero-order valence-electron chi connectivity index (χ0n) is 30.7. The van der Waals surface area contributed by atoms with E-state index in [1.807, 2.05) is 45.2 Å². The number of aryl methyl sites for hydroxylation is 1. The summed E-state index contributed by atoms with van der Waals surface area (Å²) in [5, 5.41) is 13.1. The van der Waals surface area contributed by atoms with Gasteiger partial charge in [-0.15, -0.1) is 11.6 Å². The molecule has 2 fully saturated rings. The molecule has 53 heavy (non-hydrogen) atoms. The number of fused-ring (bicyclic) bond motifs is 5. The summed E-state index contributed by atoms with van der Waals surface area (Å²) in [7, 11) is 2.04. The Morgan fingerprint density at radius 1 is 1.06 bits per heavy atom. The number of halogens is 1. The van der Waals surface area contributed by atoms with Gasteiger partial charge in [-0.2, -0.15) is 0 Å². The van der Waals surface area contributed by atoms with Gasteiger partial charge in [0.25, 0.3) is 5.91 Å². The summed E-state index contributed by atoms with van der Waals surface area (Å²) in [6, 6.07) is 5.25. The molecule has 12 nitrogen and oxygen atoms in total. The Balaban J connectivity index is 0.989. The van der Waals surface area contributed by atoms with Crippen LogP contribution in [0.2, 0.25) is 0 Å². The maximum atomic E-state index is 13.7. The topological polar surface area (TPSA) is 123 Å². The molecule has 4 heterocycles. The maximum absolute atomic E-state index is 13.7. The maximum Gasteiger partial charge on any atom is 0.415 e. The number of alkyl halides is 1. The average Bonchev–Trinajstić information content (AvgIpc) is 3.73. The molecular formula is C40H48ClN5O7. The van der Waals surface area contributed by atoms with Gasteiger partial charge in [-0.05, 0) is 81.8 Å². The summed E-state index contributed by atoms with van der Waals surface area (Å²) in [5.74, 6) is 1.08. The second-order valence-corrected chi connectivity index (χ2v) is 15.2. The summed E-state index contributed by atoms with van der Waals surface area (Å²) in [6.07, 6.45) is 9.45. The molecule has 282 valence electrons. The van der Waals surface area contributed by atoms with Crippen molar-refractivity contribution in [2.45, 2.75) is 70.6 Å². The van der Waals surface area contributed by atoms with Crippen LogP contribution in [-0.4, -0.2) is 115 Å². The summed E-state index contributed by atoms with van der Waals surface area (Å²) < 4.78 is 12.2. The van der Waals surface area contributed by atoms with Crippen molar-refractivity contribution in [1.82, 2.24) is 14.7 Å². The fourth-order valence-corrected chi connectivity index (χ4v) is 8.55. The van der Waals surface area contributed by atoms with E-state index in [9.17, 15) is 24.3 Å². The van der Waals surface area contributed by atoms with E-state index in [-0.39, 0.29) is 23.8 Å². The monoisotopic (exact) mass is 745 g/mol.